The molecule has 4 rings (SSSR count). The average molecular weight is 508 g/mol. The Balaban J connectivity index is 1.55. The van der Waals surface area contributed by atoms with E-state index in [1.165, 1.54) is 31.4 Å². The molecule has 0 spiro atoms. The molecule has 9 heteroatoms. The first kappa shape index (κ1) is 26.0. The molecule has 0 aromatic heterocycles. The predicted molar refractivity (Wildman–Crippen MR) is 129 cm³/mol. The second-order valence-electron chi connectivity index (χ2n) is 8.16. The number of esters is 3. The average Bonchev–Trinajstić information content (AvgIpc) is 2.95. The number of carbonyl (C=O) groups is 3. The van der Waals surface area contributed by atoms with E-state index >= 15 is 4.39 Å². The third-order valence-corrected chi connectivity index (χ3v) is 5.70. The van der Waals surface area contributed by atoms with Crippen LogP contribution in [-0.2, 0) is 23.7 Å². The molecule has 0 radical (unpaired) electrons. The number of benzene rings is 3. The van der Waals surface area contributed by atoms with E-state index in [1.807, 2.05) is 0 Å². The zero-order chi connectivity index (χ0) is 26.2. The molecule has 3 aromatic carbocycles. The highest BCUT2D eigenvalue weighted by molar-refractivity contribution is 5.90. The molecule has 3 aromatic rings. The van der Waals surface area contributed by atoms with Gasteiger partial charge in [-0.25, -0.2) is 18.8 Å². The zero-order valence-electron chi connectivity index (χ0n) is 19.9. The van der Waals surface area contributed by atoms with Crippen LogP contribution in [0.25, 0.3) is 0 Å². The van der Waals surface area contributed by atoms with E-state index in [9.17, 15) is 14.4 Å². The first-order valence-corrected chi connectivity index (χ1v) is 11.5. The summed E-state index contributed by atoms with van der Waals surface area (Å²) in [6.45, 7) is -0.493. The molecule has 0 amide bonds. The molecule has 8 nitrogen and oxygen atoms in total. The standard InChI is InChI=1S/C28H25FO8/c1-33-28-24(37-27(32)20-15-9-4-10-16-20)23(36-26(31)19-13-7-3-8-14-19)22(29)21(35-28)17-34-25(30)18-11-5-2-6-12-18/h2-16,21-24,28H,17H2,1H3/t21-,22-,23+,24-,28?/m1/s1. The summed E-state index contributed by atoms with van der Waals surface area (Å²) in [5.74, 6) is -2.29. The molecule has 1 fully saturated rings. The van der Waals surface area contributed by atoms with Crippen LogP contribution in [0.15, 0.2) is 91.0 Å². The van der Waals surface area contributed by atoms with Gasteiger partial charge in [0.15, 0.2) is 24.7 Å². The van der Waals surface area contributed by atoms with E-state index in [1.54, 1.807) is 66.7 Å². The van der Waals surface area contributed by atoms with Crippen molar-refractivity contribution in [3.05, 3.63) is 108 Å². The van der Waals surface area contributed by atoms with Gasteiger partial charge in [0.05, 0.1) is 16.7 Å². The van der Waals surface area contributed by atoms with Crippen LogP contribution in [0.5, 0.6) is 0 Å². The van der Waals surface area contributed by atoms with Gasteiger partial charge in [-0.05, 0) is 36.4 Å². The molecule has 5 atom stereocenters. The minimum atomic E-state index is -2.02. The fourth-order valence-corrected chi connectivity index (χ4v) is 3.80. The first-order chi connectivity index (χ1) is 18.0. The van der Waals surface area contributed by atoms with Gasteiger partial charge in [-0.15, -0.1) is 0 Å². The molecule has 1 aliphatic heterocycles. The Labute approximate surface area is 212 Å². The number of hydrogen-bond donors (Lipinski definition) is 0. The van der Waals surface area contributed by atoms with Crippen molar-refractivity contribution in [2.45, 2.75) is 30.8 Å². The summed E-state index contributed by atoms with van der Waals surface area (Å²) >= 11 is 0. The molecule has 0 N–H and O–H groups in total. The quantitative estimate of drug-likeness (QED) is 0.333. The number of rotatable bonds is 8. The fourth-order valence-electron chi connectivity index (χ4n) is 3.80. The van der Waals surface area contributed by atoms with Gasteiger partial charge >= 0.3 is 17.9 Å². The zero-order valence-corrected chi connectivity index (χ0v) is 19.9. The van der Waals surface area contributed by atoms with Crippen LogP contribution in [0.1, 0.15) is 31.1 Å². The number of halogens is 1. The molecule has 1 saturated heterocycles. The van der Waals surface area contributed by atoms with Gasteiger partial charge in [0.1, 0.15) is 12.7 Å². The third-order valence-electron chi connectivity index (χ3n) is 5.70. The van der Waals surface area contributed by atoms with Gasteiger partial charge in [-0.3, -0.25) is 0 Å². The lowest BCUT2D eigenvalue weighted by molar-refractivity contribution is -0.282. The first-order valence-electron chi connectivity index (χ1n) is 11.5. The second kappa shape index (κ2) is 12.2. The lowest BCUT2D eigenvalue weighted by Gasteiger charge is -2.41. The minimum absolute atomic E-state index is 0.176. The maximum absolute atomic E-state index is 15.8. The molecule has 0 saturated carbocycles. The van der Waals surface area contributed by atoms with E-state index in [2.05, 4.69) is 0 Å². The Kier molecular flexibility index (Phi) is 8.60. The van der Waals surface area contributed by atoms with Gasteiger partial charge in [0.25, 0.3) is 0 Å². The lowest BCUT2D eigenvalue weighted by atomic mass is 9.99. The highest BCUT2D eigenvalue weighted by Crippen LogP contribution is 2.30. The summed E-state index contributed by atoms with van der Waals surface area (Å²) in [5, 5.41) is 0. The van der Waals surface area contributed by atoms with Crippen molar-refractivity contribution in [2.24, 2.45) is 0 Å². The van der Waals surface area contributed by atoms with Gasteiger partial charge < -0.3 is 23.7 Å². The van der Waals surface area contributed by atoms with E-state index < -0.39 is 55.3 Å². The normalized spacial score (nSPS) is 23.0. The molecule has 37 heavy (non-hydrogen) atoms. The summed E-state index contributed by atoms with van der Waals surface area (Å²) in [4.78, 5) is 38.0. The molecule has 1 aliphatic rings. The van der Waals surface area contributed by atoms with Crippen molar-refractivity contribution < 1.29 is 42.5 Å². The molecule has 1 heterocycles. The van der Waals surface area contributed by atoms with Crippen LogP contribution in [-0.4, -0.2) is 62.4 Å². The molecule has 0 aliphatic carbocycles. The fraction of sp³-hybridized carbons (Fsp3) is 0.250. The van der Waals surface area contributed by atoms with Gasteiger partial charge in [0, 0.05) is 7.11 Å². The predicted octanol–water partition coefficient (Wildman–Crippen LogP) is 4.00. The van der Waals surface area contributed by atoms with Crippen molar-refractivity contribution in [3.8, 4) is 0 Å². The van der Waals surface area contributed by atoms with Gasteiger partial charge in [-0.1, -0.05) is 54.6 Å². The topological polar surface area (TPSA) is 97.4 Å². The van der Waals surface area contributed by atoms with E-state index in [-0.39, 0.29) is 16.7 Å². The summed E-state index contributed by atoms with van der Waals surface area (Å²) in [6.07, 6.45) is -7.75. The molecular weight excluding hydrogens is 483 g/mol. The minimum Gasteiger partial charge on any atom is -0.459 e. The van der Waals surface area contributed by atoms with Crippen LogP contribution in [0, 0.1) is 0 Å². The van der Waals surface area contributed by atoms with Gasteiger partial charge in [0.2, 0.25) is 0 Å². The second-order valence-corrected chi connectivity index (χ2v) is 8.16. The number of carbonyl (C=O) groups excluding carboxylic acids is 3. The van der Waals surface area contributed by atoms with E-state index in [0.29, 0.717) is 0 Å². The van der Waals surface area contributed by atoms with Crippen LogP contribution < -0.4 is 0 Å². The lowest BCUT2D eigenvalue weighted by Crippen LogP contribution is -2.60. The monoisotopic (exact) mass is 508 g/mol. The van der Waals surface area contributed by atoms with Crippen LogP contribution >= 0.6 is 0 Å². The molecule has 192 valence electrons. The SMILES string of the molecule is COC1O[C@H](COC(=O)c2ccccc2)[C@@H](F)[C@H](OC(=O)c2ccccc2)[C@H]1OC(=O)c1ccccc1. The van der Waals surface area contributed by atoms with E-state index in [4.69, 9.17) is 23.7 Å². The largest absolute Gasteiger partial charge is 0.459 e. The maximum atomic E-state index is 15.8. The summed E-state index contributed by atoms with van der Waals surface area (Å²) in [6, 6.07) is 24.2. The highest BCUT2D eigenvalue weighted by atomic mass is 19.1. The Bertz CT molecular complexity index is 1190. The Morgan fingerprint density at radius 3 is 1.59 bits per heavy atom. The summed E-state index contributed by atoms with van der Waals surface area (Å²) in [7, 11) is 1.27. The van der Waals surface area contributed by atoms with Crippen molar-refractivity contribution in [1.82, 2.24) is 0 Å². The Morgan fingerprint density at radius 2 is 1.14 bits per heavy atom. The third kappa shape index (κ3) is 6.38. The highest BCUT2D eigenvalue weighted by Gasteiger charge is 2.51. The molecular formula is C28H25FO8. The summed E-state index contributed by atoms with van der Waals surface area (Å²) < 4.78 is 43.1. The van der Waals surface area contributed by atoms with Crippen molar-refractivity contribution >= 4 is 17.9 Å². The Morgan fingerprint density at radius 1 is 0.703 bits per heavy atom. The number of methoxy groups -OCH3 is 1. The van der Waals surface area contributed by atoms with Crippen LogP contribution in [0.2, 0.25) is 0 Å². The maximum Gasteiger partial charge on any atom is 0.338 e. The number of alkyl halides is 1. The molecule has 0 bridgehead atoms. The van der Waals surface area contributed by atoms with E-state index in [0.717, 1.165) is 0 Å². The van der Waals surface area contributed by atoms with Gasteiger partial charge in [-0.2, -0.15) is 0 Å². The van der Waals surface area contributed by atoms with Crippen LogP contribution in [0.3, 0.4) is 0 Å². The Hall–Kier alpha value is -4.08. The van der Waals surface area contributed by atoms with Crippen molar-refractivity contribution in [1.29, 1.82) is 0 Å². The van der Waals surface area contributed by atoms with Crippen molar-refractivity contribution in [3.63, 3.8) is 0 Å². The summed E-state index contributed by atoms with van der Waals surface area (Å²) in [5.41, 5.74) is 0.661. The number of hydrogen-bond acceptors (Lipinski definition) is 8. The smallest absolute Gasteiger partial charge is 0.338 e. The van der Waals surface area contributed by atoms with Crippen molar-refractivity contribution in [2.75, 3.05) is 13.7 Å². The van der Waals surface area contributed by atoms with Crippen LogP contribution in [0.4, 0.5) is 4.39 Å². The number of ether oxygens (including phenoxy) is 5. The molecule has 1 unspecified atom stereocenters.